The monoisotopic (exact) mass is 264 g/mol. The molecule has 1 aromatic heterocycles. The number of likely N-dealkylation sites (tertiary alicyclic amines) is 1. The molecule has 2 rings (SSSR count). The minimum Gasteiger partial charge on any atom is -0.314 e. The van der Waals surface area contributed by atoms with Gasteiger partial charge in [0.05, 0.1) is 6.20 Å². The lowest BCUT2D eigenvalue weighted by molar-refractivity contribution is 0.190. The third kappa shape index (κ3) is 4.32. The van der Waals surface area contributed by atoms with Crippen LogP contribution in [0.5, 0.6) is 0 Å². The van der Waals surface area contributed by atoms with Crippen LogP contribution < -0.4 is 5.32 Å². The van der Waals surface area contributed by atoms with Crippen LogP contribution in [0.3, 0.4) is 0 Å². The highest BCUT2D eigenvalue weighted by atomic mass is 15.1. The minimum atomic E-state index is 0.652. The first-order valence-electron chi connectivity index (χ1n) is 7.57. The van der Waals surface area contributed by atoms with Gasteiger partial charge in [-0.2, -0.15) is 5.10 Å². The lowest BCUT2D eigenvalue weighted by atomic mass is 9.90. The van der Waals surface area contributed by atoms with Gasteiger partial charge in [0.1, 0.15) is 0 Å². The Morgan fingerprint density at radius 3 is 2.84 bits per heavy atom. The first kappa shape index (κ1) is 14.5. The van der Waals surface area contributed by atoms with Crippen LogP contribution in [0.25, 0.3) is 0 Å². The van der Waals surface area contributed by atoms with Gasteiger partial charge in [-0.05, 0) is 77.7 Å². The molecule has 108 valence electrons. The molecule has 1 atom stereocenters. The molecule has 2 N–H and O–H groups in total. The number of hydrogen-bond donors (Lipinski definition) is 2. The van der Waals surface area contributed by atoms with Crippen LogP contribution in [0.2, 0.25) is 0 Å². The summed E-state index contributed by atoms with van der Waals surface area (Å²) >= 11 is 0. The van der Waals surface area contributed by atoms with Gasteiger partial charge in [-0.15, -0.1) is 0 Å². The molecule has 4 heteroatoms. The Hall–Kier alpha value is -0.870. The van der Waals surface area contributed by atoms with Crippen molar-refractivity contribution in [1.29, 1.82) is 0 Å². The van der Waals surface area contributed by atoms with Gasteiger partial charge in [0, 0.05) is 11.7 Å². The van der Waals surface area contributed by atoms with Crippen molar-refractivity contribution in [3.05, 3.63) is 17.5 Å². The Morgan fingerprint density at radius 2 is 2.21 bits per heavy atom. The first-order chi connectivity index (χ1) is 9.16. The summed E-state index contributed by atoms with van der Waals surface area (Å²) in [4.78, 5) is 2.44. The normalized spacial score (nSPS) is 19.7. The number of piperidine rings is 1. The van der Waals surface area contributed by atoms with Gasteiger partial charge in [0.2, 0.25) is 0 Å². The van der Waals surface area contributed by atoms with Crippen molar-refractivity contribution in [2.45, 2.75) is 45.6 Å². The quantitative estimate of drug-likeness (QED) is 0.772. The summed E-state index contributed by atoms with van der Waals surface area (Å²) in [6.07, 6.45) is 6.94. The summed E-state index contributed by atoms with van der Waals surface area (Å²) in [5.74, 6) is 0.854. The molecule has 1 aromatic rings. The van der Waals surface area contributed by atoms with Gasteiger partial charge in [0.25, 0.3) is 0 Å². The van der Waals surface area contributed by atoms with Crippen molar-refractivity contribution in [2.24, 2.45) is 5.92 Å². The lowest BCUT2D eigenvalue weighted by Gasteiger charge is -2.33. The smallest absolute Gasteiger partial charge is 0.0522 e. The van der Waals surface area contributed by atoms with Gasteiger partial charge in [0.15, 0.2) is 0 Å². The zero-order valence-electron chi connectivity index (χ0n) is 12.6. The molecule has 19 heavy (non-hydrogen) atoms. The number of nitrogens with zero attached hydrogens (tertiary/aromatic N) is 2. The van der Waals surface area contributed by atoms with E-state index in [2.05, 4.69) is 41.3 Å². The molecule has 0 amide bonds. The fourth-order valence-electron chi connectivity index (χ4n) is 2.93. The summed E-state index contributed by atoms with van der Waals surface area (Å²) in [5, 5.41) is 10.8. The van der Waals surface area contributed by atoms with E-state index in [0.29, 0.717) is 6.04 Å². The van der Waals surface area contributed by atoms with Crippen LogP contribution in [0, 0.1) is 12.8 Å². The van der Waals surface area contributed by atoms with Crippen LogP contribution in [0.15, 0.2) is 6.20 Å². The summed E-state index contributed by atoms with van der Waals surface area (Å²) in [6.45, 7) is 8.06. The highest BCUT2D eigenvalue weighted by molar-refractivity contribution is 5.14. The zero-order valence-corrected chi connectivity index (χ0v) is 12.6. The Balaban J connectivity index is 1.61. The van der Waals surface area contributed by atoms with Gasteiger partial charge >= 0.3 is 0 Å². The van der Waals surface area contributed by atoms with E-state index in [1.165, 1.54) is 43.6 Å². The summed E-state index contributed by atoms with van der Waals surface area (Å²) < 4.78 is 0. The van der Waals surface area contributed by atoms with E-state index in [9.17, 15) is 0 Å². The molecule has 1 aliphatic heterocycles. The van der Waals surface area contributed by atoms with Gasteiger partial charge in [-0.25, -0.2) is 0 Å². The number of nitrogens with one attached hydrogen (secondary N) is 2. The second-order valence-electron chi connectivity index (χ2n) is 6.01. The molecule has 0 aromatic carbocycles. The van der Waals surface area contributed by atoms with Crippen LogP contribution >= 0.6 is 0 Å². The summed E-state index contributed by atoms with van der Waals surface area (Å²) in [6, 6.07) is 0.652. The van der Waals surface area contributed by atoms with Gasteiger partial charge in [-0.1, -0.05) is 0 Å². The molecule has 1 aliphatic rings. The number of rotatable bonds is 6. The maximum absolute atomic E-state index is 4.07. The average Bonchev–Trinajstić information content (AvgIpc) is 2.81. The largest absolute Gasteiger partial charge is 0.314 e. The standard InChI is InChI=1S/C15H28N4/c1-12(14-6-9-19(3)10-7-14)16-8-4-5-15-11-17-18-13(15)2/h11-12,14,16H,4-10H2,1-3H3,(H,17,18). The lowest BCUT2D eigenvalue weighted by Crippen LogP contribution is -2.41. The fraction of sp³-hybridized carbons (Fsp3) is 0.800. The van der Waals surface area contributed by atoms with E-state index in [4.69, 9.17) is 0 Å². The topological polar surface area (TPSA) is 44.0 Å². The van der Waals surface area contributed by atoms with Crippen molar-refractivity contribution < 1.29 is 0 Å². The Morgan fingerprint density at radius 1 is 1.47 bits per heavy atom. The predicted molar refractivity (Wildman–Crippen MR) is 79.3 cm³/mol. The van der Waals surface area contributed by atoms with E-state index in [0.717, 1.165) is 18.9 Å². The van der Waals surface area contributed by atoms with Crippen molar-refractivity contribution in [3.8, 4) is 0 Å². The molecule has 0 bridgehead atoms. The molecular weight excluding hydrogens is 236 g/mol. The van der Waals surface area contributed by atoms with E-state index in [-0.39, 0.29) is 0 Å². The van der Waals surface area contributed by atoms with Crippen LogP contribution in [0.1, 0.15) is 37.4 Å². The van der Waals surface area contributed by atoms with E-state index in [1.54, 1.807) is 0 Å². The average molecular weight is 264 g/mol. The number of aromatic amines is 1. The van der Waals surface area contributed by atoms with Crippen LogP contribution in [-0.2, 0) is 6.42 Å². The Bertz CT molecular complexity index is 366. The maximum Gasteiger partial charge on any atom is 0.0522 e. The predicted octanol–water partition coefficient (Wildman–Crippen LogP) is 1.97. The Kier molecular flexibility index (Phi) is 5.40. The van der Waals surface area contributed by atoms with E-state index in [1.807, 2.05) is 6.20 Å². The van der Waals surface area contributed by atoms with Crippen molar-refractivity contribution >= 4 is 0 Å². The van der Waals surface area contributed by atoms with Crippen LogP contribution in [0.4, 0.5) is 0 Å². The SMILES string of the molecule is Cc1[nH]ncc1CCCNC(C)C1CCN(C)CC1. The molecule has 0 aliphatic carbocycles. The molecule has 1 fully saturated rings. The number of H-pyrrole nitrogens is 1. The molecule has 1 saturated heterocycles. The summed E-state index contributed by atoms with van der Waals surface area (Å²) in [7, 11) is 2.22. The van der Waals surface area contributed by atoms with Crippen molar-refractivity contribution in [1.82, 2.24) is 20.4 Å². The van der Waals surface area contributed by atoms with E-state index >= 15 is 0 Å². The van der Waals surface area contributed by atoms with Gasteiger partial charge in [-0.3, -0.25) is 5.10 Å². The third-order valence-corrected chi connectivity index (χ3v) is 4.49. The number of aryl methyl sites for hydroxylation is 2. The fourth-order valence-corrected chi connectivity index (χ4v) is 2.93. The minimum absolute atomic E-state index is 0.652. The second kappa shape index (κ2) is 7.06. The maximum atomic E-state index is 4.07. The van der Waals surface area contributed by atoms with Crippen LogP contribution in [-0.4, -0.2) is 47.8 Å². The first-order valence-corrected chi connectivity index (χ1v) is 7.57. The molecule has 0 radical (unpaired) electrons. The summed E-state index contributed by atoms with van der Waals surface area (Å²) in [5.41, 5.74) is 2.57. The molecule has 4 nitrogen and oxygen atoms in total. The highest BCUT2D eigenvalue weighted by Crippen LogP contribution is 2.19. The number of hydrogen-bond acceptors (Lipinski definition) is 3. The number of aromatic nitrogens is 2. The van der Waals surface area contributed by atoms with Gasteiger partial charge < -0.3 is 10.2 Å². The molecule has 0 spiro atoms. The molecule has 0 saturated carbocycles. The third-order valence-electron chi connectivity index (χ3n) is 4.49. The van der Waals surface area contributed by atoms with Crippen molar-refractivity contribution in [2.75, 3.05) is 26.7 Å². The molecular formula is C15H28N4. The van der Waals surface area contributed by atoms with Crippen molar-refractivity contribution in [3.63, 3.8) is 0 Å². The Labute approximate surface area is 117 Å². The highest BCUT2D eigenvalue weighted by Gasteiger charge is 2.21. The zero-order chi connectivity index (χ0) is 13.7. The second-order valence-corrected chi connectivity index (χ2v) is 6.01. The molecule has 2 heterocycles. The molecule has 1 unspecified atom stereocenters. The van der Waals surface area contributed by atoms with E-state index < -0.39 is 0 Å².